The first-order valence-electron chi connectivity index (χ1n) is 9.94. The molecule has 0 aromatic heterocycles. The van der Waals surface area contributed by atoms with Crippen LogP contribution in [0.25, 0.3) is 0 Å². The number of rotatable bonds is 9. The van der Waals surface area contributed by atoms with Crippen LogP contribution in [0.5, 0.6) is 5.75 Å². The molecule has 1 aromatic rings. The molecule has 1 heterocycles. The van der Waals surface area contributed by atoms with Gasteiger partial charge in [-0.2, -0.15) is 0 Å². The number of likely N-dealkylation sites (N-methyl/N-ethyl adjacent to an activating group) is 1. The highest BCUT2D eigenvalue weighted by atomic mass is 35.5. The normalized spacial score (nSPS) is 15.9. The lowest BCUT2D eigenvalue weighted by molar-refractivity contribution is -0.897. The van der Waals surface area contributed by atoms with Crippen LogP contribution < -0.4 is 19.9 Å². The number of carbonyl (C=O) groups excluding carboxylic acids is 2. The highest BCUT2D eigenvalue weighted by Crippen LogP contribution is 2.21. The Hall–Kier alpha value is -1.83. The van der Waals surface area contributed by atoms with Crippen molar-refractivity contribution in [3.63, 3.8) is 0 Å². The number of hydrogen-bond donors (Lipinski definition) is 3. The number of quaternary nitrogens is 2. The summed E-state index contributed by atoms with van der Waals surface area (Å²) in [6, 6.07) is 5.54. The minimum atomic E-state index is 0.0938. The van der Waals surface area contributed by atoms with Crippen LogP contribution >= 0.6 is 11.6 Å². The van der Waals surface area contributed by atoms with E-state index in [1.54, 1.807) is 13.2 Å². The molecule has 1 aliphatic heterocycles. The SMILES string of the molecule is CCCNC(=O)C[NH+]1CCN(C(=O)C[NH+](C)Cc2cc(Cl)ccc2OC)CC1. The number of nitrogens with one attached hydrogen (secondary N) is 3. The molecule has 1 fully saturated rings. The lowest BCUT2D eigenvalue weighted by Crippen LogP contribution is -3.16. The molecule has 8 heteroatoms. The summed E-state index contributed by atoms with van der Waals surface area (Å²) >= 11 is 6.09. The Morgan fingerprint density at radius 1 is 1.32 bits per heavy atom. The molecule has 28 heavy (non-hydrogen) atoms. The fraction of sp³-hybridized carbons (Fsp3) is 0.600. The monoisotopic (exact) mass is 412 g/mol. The molecule has 7 nitrogen and oxygen atoms in total. The molecule has 156 valence electrons. The van der Waals surface area contributed by atoms with E-state index >= 15 is 0 Å². The molecule has 0 aliphatic carbocycles. The van der Waals surface area contributed by atoms with Gasteiger partial charge >= 0.3 is 0 Å². The van der Waals surface area contributed by atoms with Crippen LogP contribution in [0.2, 0.25) is 5.02 Å². The highest BCUT2D eigenvalue weighted by molar-refractivity contribution is 6.30. The molecule has 1 atom stereocenters. The molecular weight excluding hydrogens is 380 g/mol. The topological polar surface area (TPSA) is 67.5 Å². The second-order valence-corrected chi connectivity index (χ2v) is 7.86. The number of carbonyl (C=O) groups is 2. The van der Waals surface area contributed by atoms with Crippen molar-refractivity contribution in [2.75, 3.05) is 60.0 Å². The first kappa shape index (κ1) is 22.5. The fourth-order valence-corrected chi connectivity index (χ4v) is 3.64. The minimum absolute atomic E-state index is 0.0938. The van der Waals surface area contributed by atoms with E-state index in [4.69, 9.17) is 16.3 Å². The van der Waals surface area contributed by atoms with Crippen LogP contribution in [0.15, 0.2) is 18.2 Å². The number of piperazine rings is 1. The summed E-state index contributed by atoms with van der Waals surface area (Å²) in [6.45, 7) is 7.36. The number of amides is 2. The number of hydrogen-bond acceptors (Lipinski definition) is 3. The first-order valence-corrected chi connectivity index (χ1v) is 10.3. The van der Waals surface area contributed by atoms with E-state index in [0.717, 1.165) is 42.3 Å². The standard InChI is InChI=1S/C20H31ClN4O3/c1-4-7-22-19(26)14-24-8-10-25(11-9-24)20(27)15-23(2)13-16-12-17(21)5-6-18(16)28-3/h5-6,12H,4,7-11,13-15H2,1-3H3,(H,22,26)/p+2. The van der Waals surface area contributed by atoms with Crippen LogP contribution in [-0.2, 0) is 16.1 Å². The van der Waals surface area contributed by atoms with Crippen LogP contribution in [-0.4, -0.2) is 76.7 Å². The van der Waals surface area contributed by atoms with Crippen molar-refractivity contribution in [3.8, 4) is 5.75 Å². The zero-order valence-corrected chi connectivity index (χ0v) is 17.9. The van der Waals surface area contributed by atoms with Crippen molar-refractivity contribution in [1.29, 1.82) is 0 Å². The van der Waals surface area contributed by atoms with Gasteiger partial charge in [-0.1, -0.05) is 18.5 Å². The quantitative estimate of drug-likeness (QED) is 0.468. The smallest absolute Gasteiger partial charge is 0.278 e. The van der Waals surface area contributed by atoms with E-state index < -0.39 is 0 Å². The Labute approximate surface area is 172 Å². The third-order valence-electron chi connectivity index (χ3n) is 4.99. The lowest BCUT2D eigenvalue weighted by atomic mass is 10.2. The molecule has 0 saturated carbocycles. The third-order valence-corrected chi connectivity index (χ3v) is 5.23. The van der Waals surface area contributed by atoms with Gasteiger partial charge < -0.3 is 24.8 Å². The zero-order valence-electron chi connectivity index (χ0n) is 17.1. The van der Waals surface area contributed by atoms with Gasteiger partial charge in [0, 0.05) is 17.1 Å². The van der Waals surface area contributed by atoms with Gasteiger partial charge in [-0.05, 0) is 24.6 Å². The maximum absolute atomic E-state index is 12.6. The largest absolute Gasteiger partial charge is 0.496 e. The molecule has 0 spiro atoms. The van der Waals surface area contributed by atoms with E-state index in [2.05, 4.69) is 5.32 Å². The predicted molar refractivity (Wildman–Crippen MR) is 109 cm³/mol. The Kier molecular flexibility index (Phi) is 9.02. The van der Waals surface area contributed by atoms with Crippen LogP contribution in [0.4, 0.5) is 0 Å². The maximum Gasteiger partial charge on any atom is 0.278 e. The summed E-state index contributed by atoms with van der Waals surface area (Å²) in [5.74, 6) is 1.03. The predicted octanol–water partition coefficient (Wildman–Crippen LogP) is -1.38. The summed E-state index contributed by atoms with van der Waals surface area (Å²) in [7, 11) is 3.63. The Morgan fingerprint density at radius 3 is 2.68 bits per heavy atom. The van der Waals surface area contributed by atoms with Gasteiger partial charge in [-0.15, -0.1) is 0 Å². The summed E-state index contributed by atoms with van der Waals surface area (Å²) in [5.41, 5.74) is 0.993. The Balaban J connectivity index is 1.78. The number of ether oxygens (including phenoxy) is 1. The van der Waals surface area contributed by atoms with E-state index in [1.165, 1.54) is 4.90 Å². The summed E-state index contributed by atoms with van der Waals surface area (Å²) in [6.07, 6.45) is 0.945. The van der Waals surface area contributed by atoms with Gasteiger partial charge in [0.2, 0.25) is 0 Å². The van der Waals surface area contributed by atoms with Crippen LogP contribution in [0.1, 0.15) is 18.9 Å². The first-order chi connectivity index (χ1) is 13.4. The highest BCUT2D eigenvalue weighted by Gasteiger charge is 2.26. The maximum atomic E-state index is 12.6. The molecule has 1 saturated heterocycles. The van der Waals surface area contributed by atoms with Crippen molar-refractivity contribution in [1.82, 2.24) is 10.2 Å². The molecule has 1 aromatic carbocycles. The Bertz CT molecular complexity index is 663. The van der Waals surface area contributed by atoms with Gasteiger partial charge in [0.05, 0.1) is 40.3 Å². The molecule has 2 amide bonds. The molecule has 1 aliphatic rings. The number of methoxy groups -OCH3 is 1. The zero-order chi connectivity index (χ0) is 20.5. The van der Waals surface area contributed by atoms with Gasteiger partial charge in [0.1, 0.15) is 12.3 Å². The molecular formula is C20H33ClN4O3+2. The second kappa shape index (κ2) is 11.2. The van der Waals surface area contributed by atoms with Crippen LogP contribution in [0, 0.1) is 0 Å². The van der Waals surface area contributed by atoms with E-state index in [9.17, 15) is 9.59 Å². The van der Waals surface area contributed by atoms with Crippen molar-refractivity contribution in [2.45, 2.75) is 19.9 Å². The summed E-state index contributed by atoms with van der Waals surface area (Å²) in [5, 5.41) is 3.58. The molecule has 0 bridgehead atoms. The molecule has 2 rings (SSSR count). The number of benzene rings is 1. The lowest BCUT2D eigenvalue weighted by Gasteiger charge is -2.32. The van der Waals surface area contributed by atoms with Crippen molar-refractivity contribution in [3.05, 3.63) is 28.8 Å². The van der Waals surface area contributed by atoms with E-state index in [1.807, 2.05) is 31.0 Å². The number of halogens is 1. The summed E-state index contributed by atoms with van der Waals surface area (Å²) in [4.78, 5) is 28.7. The fourth-order valence-electron chi connectivity index (χ4n) is 3.45. The van der Waals surface area contributed by atoms with Gasteiger partial charge in [-0.3, -0.25) is 9.59 Å². The molecule has 0 radical (unpaired) electrons. The van der Waals surface area contributed by atoms with Gasteiger partial charge in [0.15, 0.2) is 13.1 Å². The molecule has 1 unspecified atom stereocenters. The Morgan fingerprint density at radius 2 is 2.04 bits per heavy atom. The van der Waals surface area contributed by atoms with Gasteiger partial charge in [-0.25, -0.2) is 0 Å². The van der Waals surface area contributed by atoms with Crippen molar-refractivity contribution >= 4 is 23.4 Å². The average molecular weight is 413 g/mol. The van der Waals surface area contributed by atoms with Crippen molar-refractivity contribution in [2.24, 2.45) is 0 Å². The van der Waals surface area contributed by atoms with Crippen molar-refractivity contribution < 1.29 is 24.1 Å². The van der Waals surface area contributed by atoms with E-state index in [-0.39, 0.29) is 11.8 Å². The number of nitrogens with zero attached hydrogens (tertiary/aromatic N) is 1. The van der Waals surface area contributed by atoms with Crippen LogP contribution in [0.3, 0.4) is 0 Å². The second-order valence-electron chi connectivity index (χ2n) is 7.42. The van der Waals surface area contributed by atoms with E-state index in [0.29, 0.717) is 37.7 Å². The molecule has 3 N–H and O–H groups in total. The third kappa shape index (κ3) is 6.96. The van der Waals surface area contributed by atoms with Gasteiger partial charge in [0.25, 0.3) is 11.8 Å². The average Bonchev–Trinajstić information content (AvgIpc) is 2.67. The minimum Gasteiger partial charge on any atom is -0.496 e. The summed E-state index contributed by atoms with van der Waals surface area (Å²) < 4.78 is 5.39.